The fourth-order valence-corrected chi connectivity index (χ4v) is 6.48. The van der Waals surface area contributed by atoms with E-state index in [4.69, 9.17) is 9.47 Å². The first-order valence-corrected chi connectivity index (χ1v) is 12.7. The third-order valence-corrected chi connectivity index (χ3v) is 7.79. The molecule has 1 fully saturated rings. The number of ether oxygens (including phenoxy) is 2. The van der Waals surface area contributed by atoms with Gasteiger partial charge in [0.2, 0.25) is 0 Å². The molecule has 1 saturated heterocycles. The molecule has 0 aromatic heterocycles. The quantitative estimate of drug-likeness (QED) is 0.365. The maximum Gasteiger partial charge on any atom is 0.329 e. The highest BCUT2D eigenvalue weighted by Crippen LogP contribution is 2.61. The minimum Gasteiger partial charge on any atom is -0.494 e. The Kier molecular flexibility index (Phi) is 5.48. The molecule has 0 N–H and O–H groups in total. The smallest absolute Gasteiger partial charge is 0.329 e. The minimum atomic E-state index is -1.56. The van der Waals surface area contributed by atoms with Crippen LogP contribution < -0.4 is 9.64 Å². The summed E-state index contributed by atoms with van der Waals surface area (Å²) in [5, 5.41) is 0. The third kappa shape index (κ3) is 3.08. The van der Waals surface area contributed by atoms with Gasteiger partial charge in [0, 0.05) is 28.3 Å². The summed E-state index contributed by atoms with van der Waals surface area (Å²) in [6.45, 7) is 4.22. The van der Waals surface area contributed by atoms with Crippen molar-refractivity contribution in [3.05, 3.63) is 101 Å². The number of esters is 1. The normalized spacial score (nSPS) is 22.5. The SMILES string of the molecule is CCOC(=O)C1C(c2ccccc2OCC)C2(C(=O)c3ccccc3C2=O)C2C=Cc3ccccc3N12. The summed E-state index contributed by atoms with van der Waals surface area (Å²) in [6, 6.07) is 20.5. The number of benzene rings is 3. The molecule has 3 unspecified atom stereocenters. The molecule has 1 spiro atoms. The molecule has 0 bridgehead atoms. The van der Waals surface area contributed by atoms with Crippen LogP contribution in [0.5, 0.6) is 5.75 Å². The molecule has 0 saturated carbocycles. The third-order valence-electron chi connectivity index (χ3n) is 7.79. The van der Waals surface area contributed by atoms with Gasteiger partial charge in [0.15, 0.2) is 11.6 Å². The Morgan fingerprint density at radius 3 is 2.22 bits per heavy atom. The fraction of sp³-hybridized carbons (Fsp3) is 0.258. The lowest BCUT2D eigenvalue weighted by molar-refractivity contribution is -0.145. The summed E-state index contributed by atoms with van der Waals surface area (Å²) in [5.74, 6) is -1.28. The number of Topliss-reactive ketones (excluding diaryl/α,β-unsaturated/α-hetero) is 2. The van der Waals surface area contributed by atoms with Crippen molar-refractivity contribution in [1.82, 2.24) is 0 Å². The van der Waals surface area contributed by atoms with Crippen LogP contribution in [-0.2, 0) is 9.53 Å². The van der Waals surface area contributed by atoms with E-state index in [1.807, 2.05) is 72.5 Å². The number of nitrogens with zero attached hydrogens (tertiary/aromatic N) is 1. The maximum absolute atomic E-state index is 14.5. The number of para-hydroxylation sites is 2. The van der Waals surface area contributed by atoms with Crippen molar-refractivity contribution < 1.29 is 23.9 Å². The molecule has 3 aliphatic rings. The summed E-state index contributed by atoms with van der Waals surface area (Å²) in [4.78, 5) is 44.8. The predicted octanol–water partition coefficient (Wildman–Crippen LogP) is 5.08. The molecule has 186 valence electrons. The fourth-order valence-electron chi connectivity index (χ4n) is 6.48. The zero-order valence-corrected chi connectivity index (χ0v) is 20.7. The monoisotopic (exact) mass is 493 g/mol. The molecule has 3 atom stereocenters. The molecule has 2 heterocycles. The van der Waals surface area contributed by atoms with Crippen LogP contribution in [0.15, 0.2) is 78.9 Å². The average molecular weight is 494 g/mol. The Balaban J connectivity index is 1.69. The van der Waals surface area contributed by atoms with Gasteiger partial charge in [0.05, 0.1) is 19.3 Å². The van der Waals surface area contributed by atoms with Crippen LogP contribution in [0.3, 0.4) is 0 Å². The topological polar surface area (TPSA) is 72.9 Å². The van der Waals surface area contributed by atoms with Crippen molar-refractivity contribution in [2.24, 2.45) is 5.41 Å². The Morgan fingerprint density at radius 1 is 0.865 bits per heavy atom. The number of hydrogen-bond acceptors (Lipinski definition) is 6. The largest absolute Gasteiger partial charge is 0.494 e. The van der Waals surface area contributed by atoms with E-state index in [1.54, 1.807) is 31.2 Å². The van der Waals surface area contributed by atoms with Crippen molar-refractivity contribution in [1.29, 1.82) is 0 Å². The first kappa shape index (κ1) is 23.2. The Morgan fingerprint density at radius 2 is 1.51 bits per heavy atom. The van der Waals surface area contributed by atoms with Gasteiger partial charge in [-0.1, -0.05) is 72.8 Å². The zero-order chi connectivity index (χ0) is 25.7. The molecule has 2 aliphatic heterocycles. The maximum atomic E-state index is 14.5. The van der Waals surface area contributed by atoms with Gasteiger partial charge in [0.1, 0.15) is 17.2 Å². The lowest BCUT2D eigenvalue weighted by Gasteiger charge is -2.36. The second kappa shape index (κ2) is 8.73. The van der Waals surface area contributed by atoms with Gasteiger partial charge in [0.25, 0.3) is 0 Å². The molecule has 1 aliphatic carbocycles. The number of carbonyl (C=O) groups excluding carboxylic acids is 3. The van der Waals surface area contributed by atoms with E-state index < -0.39 is 29.4 Å². The lowest BCUT2D eigenvalue weighted by Crippen LogP contribution is -2.48. The number of rotatable bonds is 5. The number of carbonyl (C=O) groups is 3. The molecule has 37 heavy (non-hydrogen) atoms. The molecule has 6 heteroatoms. The highest BCUT2D eigenvalue weighted by atomic mass is 16.5. The van der Waals surface area contributed by atoms with Crippen LogP contribution in [0.4, 0.5) is 5.69 Å². The number of anilines is 1. The van der Waals surface area contributed by atoms with E-state index in [2.05, 4.69) is 0 Å². The van der Waals surface area contributed by atoms with Crippen LogP contribution in [0.2, 0.25) is 0 Å². The van der Waals surface area contributed by atoms with Gasteiger partial charge >= 0.3 is 5.97 Å². The van der Waals surface area contributed by atoms with Crippen LogP contribution in [0.1, 0.15) is 51.6 Å². The van der Waals surface area contributed by atoms with Gasteiger partial charge in [-0.25, -0.2) is 4.79 Å². The number of ketones is 2. The second-order valence-electron chi connectivity index (χ2n) is 9.49. The molecule has 6 nitrogen and oxygen atoms in total. The van der Waals surface area contributed by atoms with Crippen LogP contribution >= 0.6 is 0 Å². The van der Waals surface area contributed by atoms with Gasteiger partial charge < -0.3 is 14.4 Å². The predicted molar refractivity (Wildman–Crippen MR) is 140 cm³/mol. The molecule has 3 aromatic rings. The first-order valence-electron chi connectivity index (χ1n) is 12.7. The lowest BCUT2D eigenvalue weighted by atomic mass is 9.64. The number of hydrogen-bond donors (Lipinski definition) is 0. The second-order valence-corrected chi connectivity index (χ2v) is 9.49. The summed E-state index contributed by atoms with van der Waals surface area (Å²) < 4.78 is 11.6. The van der Waals surface area contributed by atoms with Crippen molar-refractivity contribution in [3.8, 4) is 5.75 Å². The highest BCUT2D eigenvalue weighted by molar-refractivity contribution is 6.32. The first-order chi connectivity index (χ1) is 18.1. The van der Waals surface area contributed by atoms with Crippen LogP contribution in [0.25, 0.3) is 6.08 Å². The Bertz CT molecular complexity index is 1420. The molecular formula is C31H27NO5. The van der Waals surface area contributed by atoms with E-state index in [-0.39, 0.29) is 18.2 Å². The van der Waals surface area contributed by atoms with Crippen molar-refractivity contribution in [2.45, 2.75) is 31.8 Å². The summed E-state index contributed by atoms with van der Waals surface area (Å²) >= 11 is 0. The van der Waals surface area contributed by atoms with Gasteiger partial charge in [-0.15, -0.1) is 0 Å². The summed E-state index contributed by atoms with van der Waals surface area (Å²) in [7, 11) is 0. The molecule has 0 amide bonds. The highest BCUT2D eigenvalue weighted by Gasteiger charge is 2.72. The molecule has 3 aromatic carbocycles. The standard InChI is InChI=1S/C31H27NO5/c1-3-36-24-16-10-8-14-22(24)26-27(30(35)37-4-2)32-23-15-9-5-11-19(23)17-18-25(32)31(26)28(33)20-12-6-7-13-21(20)29(31)34/h5-18,25-27H,3-4H2,1-2H3. The Labute approximate surface area is 215 Å². The van der Waals surface area contributed by atoms with E-state index >= 15 is 0 Å². The van der Waals surface area contributed by atoms with E-state index in [1.165, 1.54) is 0 Å². The van der Waals surface area contributed by atoms with Crippen molar-refractivity contribution >= 4 is 29.3 Å². The zero-order valence-electron chi connectivity index (χ0n) is 20.7. The molecule has 6 rings (SSSR count). The minimum absolute atomic E-state index is 0.181. The Hall–Kier alpha value is -4.19. The summed E-state index contributed by atoms with van der Waals surface area (Å²) in [5.41, 5.74) is 1.58. The van der Waals surface area contributed by atoms with Gasteiger partial charge in [-0.3, -0.25) is 9.59 Å². The van der Waals surface area contributed by atoms with E-state index in [0.717, 1.165) is 11.3 Å². The average Bonchev–Trinajstić information content (AvgIpc) is 3.36. The van der Waals surface area contributed by atoms with Gasteiger partial charge in [-0.05, 0) is 31.5 Å². The van der Waals surface area contributed by atoms with Gasteiger partial charge in [-0.2, -0.15) is 0 Å². The number of fused-ring (bicyclic) bond motifs is 5. The molecular weight excluding hydrogens is 466 g/mol. The summed E-state index contributed by atoms with van der Waals surface area (Å²) in [6.07, 6.45) is 3.85. The van der Waals surface area contributed by atoms with Crippen LogP contribution in [-0.4, -0.2) is 42.8 Å². The van der Waals surface area contributed by atoms with E-state index in [9.17, 15) is 14.4 Å². The molecule has 0 radical (unpaired) electrons. The van der Waals surface area contributed by atoms with Crippen LogP contribution in [0, 0.1) is 5.41 Å². The van der Waals surface area contributed by atoms with Crippen molar-refractivity contribution in [2.75, 3.05) is 18.1 Å². The van der Waals surface area contributed by atoms with Crippen molar-refractivity contribution in [3.63, 3.8) is 0 Å². The van der Waals surface area contributed by atoms with E-state index in [0.29, 0.717) is 29.0 Å².